The lowest BCUT2D eigenvalue weighted by molar-refractivity contribution is 0.103. The lowest BCUT2D eigenvalue weighted by Crippen LogP contribution is -2.09. The molecule has 34 heavy (non-hydrogen) atoms. The number of halogens is 2. The fourth-order valence-electron chi connectivity index (χ4n) is 3.63. The molecule has 0 radical (unpaired) electrons. The quantitative estimate of drug-likeness (QED) is 0.0986. The van der Waals surface area contributed by atoms with Gasteiger partial charge in [0.1, 0.15) is 11.5 Å². The molecule has 0 amide bonds. The first kappa shape index (κ1) is 23.4. The molecular formula is C25H23F2N5OS. The summed E-state index contributed by atoms with van der Waals surface area (Å²) >= 11 is 1.29. The van der Waals surface area contributed by atoms with Crippen LogP contribution in [0.5, 0.6) is 0 Å². The number of aromatic amines is 1. The second-order valence-electron chi connectivity index (χ2n) is 7.58. The number of rotatable bonds is 9. The number of nitrogens with zero attached hydrogens (tertiary/aromatic N) is 1. The van der Waals surface area contributed by atoms with E-state index in [-0.39, 0.29) is 11.3 Å². The van der Waals surface area contributed by atoms with E-state index in [0.717, 1.165) is 40.6 Å². The van der Waals surface area contributed by atoms with Crippen molar-refractivity contribution < 1.29 is 13.6 Å². The maximum absolute atomic E-state index is 15.1. The molecule has 4 N–H and O–H groups in total. The molecule has 0 aliphatic carbocycles. The Kier molecular flexibility index (Phi) is 6.93. The zero-order valence-corrected chi connectivity index (χ0v) is 19.4. The van der Waals surface area contributed by atoms with Gasteiger partial charge >= 0.3 is 0 Å². The molecule has 4 aromatic rings. The summed E-state index contributed by atoms with van der Waals surface area (Å²) < 4.78 is 32.6. The Bertz CT molecular complexity index is 1390. The second-order valence-corrected chi connectivity index (χ2v) is 8.48. The van der Waals surface area contributed by atoms with E-state index < -0.39 is 23.0 Å². The van der Waals surface area contributed by atoms with Crippen LogP contribution < -0.4 is 10.0 Å². The average Bonchev–Trinajstić information content (AvgIpc) is 3.28. The minimum absolute atomic E-state index is 0.0627. The van der Waals surface area contributed by atoms with Crippen LogP contribution in [0.25, 0.3) is 22.2 Å². The number of carbonyl (C=O) groups excluding carboxylic acids is 1. The summed E-state index contributed by atoms with van der Waals surface area (Å²) in [6, 6.07) is 9.67. The van der Waals surface area contributed by atoms with Crippen LogP contribution in [0.15, 0.2) is 48.8 Å². The molecule has 0 atom stereocenters. The van der Waals surface area contributed by atoms with Crippen LogP contribution in [0.4, 0.5) is 20.2 Å². The molecule has 174 valence electrons. The third-order valence-electron chi connectivity index (χ3n) is 5.39. The molecule has 0 unspecified atom stereocenters. The SMILES string of the molecule is CCCSNc1ccc(F)c(C(=O)c2c[nH]c3ncc(-c4ccc(C=N)c(NC)c4)cc23)c1F. The maximum Gasteiger partial charge on any atom is 0.201 e. The molecule has 6 nitrogen and oxygen atoms in total. The third kappa shape index (κ3) is 4.38. The second kappa shape index (κ2) is 10.0. The van der Waals surface area contributed by atoms with E-state index in [1.807, 2.05) is 19.1 Å². The Morgan fingerprint density at radius 3 is 2.74 bits per heavy atom. The van der Waals surface area contributed by atoms with Gasteiger partial charge in [-0.2, -0.15) is 0 Å². The van der Waals surface area contributed by atoms with E-state index >= 15 is 4.39 Å². The van der Waals surface area contributed by atoms with Gasteiger partial charge in [0.2, 0.25) is 5.78 Å². The number of ketones is 1. The van der Waals surface area contributed by atoms with Crippen molar-refractivity contribution in [3.05, 3.63) is 77.1 Å². The largest absolute Gasteiger partial charge is 0.388 e. The number of carbonyl (C=O) groups is 1. The minimum Gasteiger partial charge on any atom is -0.388 e. The molecule has 0 aliphatic heterocycles. The van der Waals surface area contributed by atoms with Gasteiger partial charge in [-0.05, 0) is 36.2 Å². The summed E-state index contributed by atoms with van der Waals surface area (Å²) in [5.41, 5.74) is 3.06. The van der Waals surface area contributed by atoms with Crippen molar-refractivity contribution in [3.63, 3.8) is 0 Å². The van der Waals surface area contributed by atoms with Crippen LogP contribution in [-0.4, -0.2) is 34.8 Å². The van der Waals surface area contributed by atoms with E-state index in [1.54, 1.807) is 25.4 Å². The van der Waals surface area contributed by atoms with Gasteiger partial charge in [0.25, 0.3) is 0 Å². The van der Waals surface area contributed by atoms with E-state index in [1.165, 1.54) is 30.4 Å². The van der Waals surface area contributed by atoms with Gasteiger partial charge in [-0.25, -0.2) is 13.8 Å². The van der Waals surface area contributed by atoms with E-state index in [0.29, 0.717) is 11.0 Å². The lowest BCUT2D eigenvalue weighted by atomic mass is 9.99. The Hall–Kier alpha value is -3.72. The fraction of sp³-hybridized carbons (Fsp3) is 0.160. The van der Waals surface area contributed by atoms with Crippen molar-refractivity contribution in [1.82, 2.24) is 9.97 Å². The number of anilines is 2. The number of aromatic nitrogens is 2. The first-order chi connectivity index (χ1) is 16.5. The summed E-state index contributed by atoms with van der Waals surface area (Å²) in [5, 5.41) is 11.0. The highest BCUT2D eigenvalue weighted by molar-refractivity contribution is 8.00. The molecule has 4 rings (SSSR count). The van der Waals surface area contributed by atoms with Crippen LogP contribution in [0, 0.1) is 17.0 Å². The predicted molar refractivity (Wildman–Crippen MR) is 135 cm³/mol. The maximum atomic E-state index is 15.1. The highest BCUT2D eigenvalue weighted by atomic mass is 32.2. The smallest absolute Gasteiger partial charge is 0.201 e. The molecule has 0 saturated heterocycles. The van der Waals surface area contributed by atoms with Crippen molar-refractivity contribution in [2.45, 2.75) is 13.3 Å². The summed E-state index contributed by atoms with van der Waals surface area (Å²) in [5.74, 6) is -1.87. The van der Waals surface area contributed by atoms with Crippen molar-refractivity contribution in [2.75, 3.05) is 22.8 Å². The van der Waals surface area contributed by atoms with Crippen LogP contribution in [0.1, 0.15) is 34.8 Å². The van der Waals surface area contributed by atoms with Gasteiger partial charge < -0.3 is 20.4 Å². The highest BCUT2D eigenvalue weighted by Crippen LogP contribution is 2.31. The fourth-order valence-corrected chi connectivity index (χ4v) is 4.25. The molecule has 2 aromatic carbocycles. The van der Waals surface area contributed by atoms with Crippen molar-refractivity contribution >= 4 is 46.4 Å². The normalized spacial score (nSPS) is 10.9. The number of benzene rings is 2. The van der Waals surface area contributed by atoms with Crippen molar-refractivity contribution in [1.29, 1.82) is 5.41 Å². The summed E-state index contributed by atoms with van der Waals surface area (Å²) in [6.45, 7) is 1.99. The molecule has 0 bridgehead atoms. The standard InChI is InChI=1S/C25H23F2N5OS/c1-3-8-34-32-20-7-6-19(26)22(23(20)27)24(33)18-13-31-25-17(18)9-16(12-30-25)14-4-5-15(11-28)21(10-14)29-2/h4-7,9-13,28-29,32H,3,8H2,1-2H3,(H,30,31). The summed E-state index contributed by atoms with van der Waals surface area (Å²) in [4.78, 5) is 20.6. The lowest BCUT2D eigenvalue weighted by Gasteiger charge is -2.11. The molecule has 0 saturated carbocycles. The molecule has 0 fully saturated rings. The first-order valence-electron chi connectivity index (χ1n) is 10.7. The van der Waals surface area contributed by atoms with Crippen molar-refractivity contribution in [2.24, 2.45) is 0 Å². The number of pyridine rings is 1. The molecule has 9 heteroatoms. The van der Waals surface area contributed by atoms with Crippen LogP contribution in [0.2, 0.25) is 0 Å². The summed E-state index contributed by atoms with van der Waals surface area (Å²) in [7, 11) is 1.77. The number of nitrogens with one attached hydrogen (secondary N) is 4. The van der Waals surface area contributed by atoms with Crippen LogP contribution in [-0.2, 0) is 0 Å². The zero-order chi connectivity index (χ0) is 24.2. The number of hydrogen-bond acceptors (Lipinski definition) is 6. The molecular weight excluding hydrogens is 456 g/mol. The van der Waals surface area contributed by atoms with Gasteiger partial charge in [-0.1, -0.05) is 31.0 Å². The van der Waals surface area contributed by atoms with Gasteiger partial charge in [0.05, 0.1) is 11.3 Å². The highest BCUT2D eigenvalue weighted by Gasteiger charge is 2.24. The Morgan fingerprint density at radius 2 is 2.00 bits per heavy atom. The predicted octanol–water partition coefficient (Wildman–Crippen LogP) is 6.25. The number of fused-ring (bicyclic) bond motifs is 1. The zero-order valence-electron chi connectivity index (χ0n) is 18.6. The Balaban J connectivity index is 1.76. The van der Waals surface area contributed by atoms with Gasteiger partial charge in [-0.3, -0.25) is 4.79 Å². The first-order valence-corrected chi connectivity index (χ1v) is 11.7. The van der Waals surface area contributed by atoms with E-state index in [9.17, 15) is 9.18 Å². The van der Waals surface area contributed by atoms with Crippen molar-refractivity contribution in [3.8, 4) is 11.1 Å². The van der Waals surface area contributed by atoms with Gasteiger partial charge in [0, 0.05) is 59.2 Å². The van der Waals surface area contributed by atoms with Gasteiger partial charge in [0.15, 0.2) is 5.82 Å². The molecule has 2 aromatic heterocycles. The monoisotopic (exact) mass is 479 g/mol. The number of H-pyrrole nitrogens is 1. The Labute approximate surface area is 199 Å². The molecule has 0 aliphatic rings. The average molecular weight is 480 g/mol. The van der Waals surface area contributed by atoms with Crippen LogP contribution >= 0.6 is 11.9 Å². The molecule has 2 heterocycles. The van der Waals surface area contributed by atoms with E-state index in [4.69, 9.17) is 5.41 Å². The Morgan fingerprint density at radius 1 is 1.18 bits per heavy atom. The number of hydrogen-bond donors (Lipinski definition) is 4. The third-order valence-corrected chi connectivity index (χ3v) is 6.37. The van der Waals surface area contributed by atoms with Gasteiger partial charge in [-0.15, -0.1) is 0 Å². The summed E-state index contributed by atoms with van der Waals surface area (Å²) in [6.07, 6.45) is 5.22. The topological polar surface area (TPSA) is 93.7 Å². The molecule has 0 spiro atoms. The van der Waals surface area contributed by atoms with E-state index in [2.05, 4.69) is 20.0 Å². The minimum atomic E-state index is -0.923. The van der Waals surface area contributed by atoms with Crippen LogP contribution in [0.3, 0.4) is 0 Å².